The van der Waals surface area contributed by atoms with Gasteiger partial charge in [-0.25, -0.2) is 0 Å². The van der Waals surface area contributed by atoms with E-state index in [1.807, 2.05) is 0 Å². The molecule has 0 saturated heterocycles. The first-order valence-electron chi connectivity index (χ1n) is 11.4. The van der Waals surface area contributed by atoms with Crippen molar-refractivity contribution in [2.75, 3.05) is 77.1 Å². The van der Waals surface area contributed by atoms with Crippen LogP contribution in [0.15, 0.2) is 0 Å². The van der Waals surface area contributed by atoms with Crippen molar-refractivity contribution in [1.82, 2.24) is 0 Å². The molecule has 0 aromatic carbocycles. The molecule has 0 rings (SSSR count). The van der Waals surface area contributed by atoms with Crippen LogP contribution >= 0.6 is 22.6 Å². The van der Waals surface area contributed by atoms with Crippen molar-refractivity contribution in [3.05, 3.63) is 0 Å². The Hall–Kier alpha value is 0.707. The normalized spacial score (nSPS) is 12.6. The van der Waals surface area contributed by atoms with E-state index in [9.17, 15) is 0 Å². The fraction of sp³-hybridized carbons (Fsp3) is 1.00. The Balaban J connectivity index is 3.17. The first-order valence-corrected chi connectivity index (χ1v) is 15.8. The summed E-state index contributed by atoms with van der Waals surface area (Å²) in [4.78, 5) is 0. The van der Waals surface area contributed by atoms with Crippen LogP contribution in [0.2, 0.25) is 18.1 Å². The molecule has 0 fully saturated rings. The van der Waals surface area contributed by atoms with Gasteiger partial charge in [-0.05, 0) is 35.4 Å². The quantitative estimate of drug-likeness (QED) is 0.0794. The van der Waals surface area contributed by atoms with Crippen molar-refractivity contribution in [2.45, 2.75) is 64.6 Å². The molecule has 0 aliphatic rings. The lowest BCUT2D eigenvalue weighted by Gasteiger charge is -2.36. The second-order valence-corrected chi connectivity index (χ2v) is 14.7. The Morgan fingerprint density at radius 3 is 1.30 bits per heavy atom. The lowest BCUT2D eigenvalue weighted by Crippen LogP contribution is -2.41. The Morgan fingerprint density at radius 2 is 0.900 bits per heavy atom. The molecule has 0 aromatic heterocycles. The molecule has 0 saturated carbocycles. The number of unbranched alkanes of at least 4 members (excludes halogenated alkanes) is 3. The average Bonchev–Trinajstić information content (AvgIpc) is 2.68. The van der Waals surface area contributed by atoms with E-state index in [2.05, 4.69) is 56.5 Å². The van der Waals surface area contributed by atoms with Crippen LogP contribution in [0.5, 0.6) is 0 Å². The third-order valence-electron chi connectivity index (χ3n) is 5.16. The van der Waals surface area contributed by atoms with Gasteiger partial charge in [0.25, 0.3) is 0 Å². The average molecular weight is 563 g/mol. The highest BCUT2D eigenvalue weighted by atomic mass is 127. The van der Waals surface area contributed by atoms with Gasteiger partial charge in [0.15, 0.2) is 8.32 Å². The van der Waals surface area contributed by atoms with E-state index in [1.165, 1.54) is 23.7 Å². The summed E-state index contributed by atoms with van der Waals surface area (Å²) in [5.74, 6) is 0. The predicted octanol–water partition coefficient (Wildman–Crippen LogP) is 5.09. The monoisotopic (exact) mass is 562 g/mol. The minimum absolute atomic E-state index is 0.238. The van der Waals surface area contributed by atoms with Crippen LogP contribution in [-0.2, 0) is 28.1 Å². The van der Waals surface area contributed by atoms with E-state index >= 15 is 0 Å². The molecule has 0 aliphatic carbocycles. The van der Waals surface area contributed by atoms with E-state index in [1.54, 1.807) is 0 Å². The summed E-state index contributed by atoms with van der Waals surface area (Å²) in [6.07, 6.45) is 5.03. The van der Waals surface area contributed by atoms with Crippen molar-refractivity contribution in [1.29, 1.82) is 0 Å². The first-order chi connectivity index (χ1) is 14.3. The van der Waals surface area contributed by atoms with Crippen molar-refractivity contribution >= 4 is 30.9 Å². The zero-order valence-corrected chi connectivity index (χ0v) is 23.3. The smallest absolute Gasteiger partial charge is 0.192 e. The minimum atomic E-state index is -1.67. The maximum Gasteiger partial charge on any atom is 0.192 e. The van der Waals surface area contributed by atoms with Gasteiger partial charge in [0.1, 0.15) is 0 Å². The number of hydrogen-bond acceptors (Lipinski definition) is 6. The highest BCUT2D eigenvalue weighted by molar-refractivity contribution is 14.1. The van der Waals surface area contributed by atoms with Gasteiger partial charge >= 0.3 is 0 Å². The molecule has 0 N–H and O–H groups in total. The minimum Gasteiger partial charge on any atom is -0.414 e. The Morgan fingerprint density at radius 1 is 0.533 bits per heavy atom. The van der Waals surface area contributed by atoms with Gasteiger partial charge < -0.3 is 28.1 Å². The molecule has 0 atom stereocenters. The summed E-state index contributed by atoms with van der Waals surface area (Å²) < 4.78 is 34.9. The highest BCUT2D eigenvalue weighted by Crippen LogP contribution is 2.36. The second-order valence-electron chi connectivity index (χ2n) is 8.77. The summed E-state index contributed by atoms with van der Waals surface area (Å²) in [6.45, 7) is 18.1. The standard InChI is InChI=1S/C22H47IO6Si/c1-22(2,3)30(4,5)29-21-20-28-19-18-27-17-16-26-15-14-25-13-12-24-11-9-7-6-8-10-23/h6-21H2,1-5H3. The Bertz CT molecular complexity index is 366. The van der Waals surface area contributed by atoms with Gasteiger partial charge in [0.05, 0.1) is 66.1 Å². The fourth-order valence-electron chi connectivity index (χ4n) is 2.21. The highest BCUT2D eigenvalue weighted by Gasteiger charge is 2.36. The molecular weight excluding hydrogens is 515 g/mol. The van der Waals surface area contributed by atoms with Gasteiger partial charge in [0.2, 0.25) is 0 Å². The summed E-state index contributed by atoms with van der Waals surface area (Å²) in [7, 11) is -1.67. The van der Waals surface area contributed by atoms with Crippen LogP contribution in [0.4, 0.5) is 0 Å². The number of ether oxygens (including phenoxy) is 5. The molecule has 0 aromatic rings. The van der Waals surface area contributed by atoms with Crippen molar-refractivity contribution in [3.8, 4) is 0 Å². The van der Waals surface area contributed by atoms with E-state index in [4.69, 9.17) is 28.1 Å². The largest absolute Gasteiger partial charge is 0.414 e. The molecular formula is C22H47IO6Si. The Labute approximate surface area is 200 Å². The van der Waals surface area contributed by atoms with Crippen LogP contribution < -0.4 is 0 Å². The van der Waals surface area contributed by atoms with Crippen molar-refractivity contribution in [3.63, 3.8) is 0 Å². The molecule has 6 nitrogen and oxygen atoms in total. The van der Waals surface area contributed by atoms with Gasteiger partial charge in [0, 0.05) is 6.61 Å². The second kappa shape index (κ2) is 20.3. The number of rotatable bonds is 22. The van der Waals surface area contributed by atoms with Gasteiger partial charge in [-0.2, -0.15) is 0 Å². The summed E-state index contributed by atoms with van der Waals surface area (Å²) >= 11 is 2.42. The van der Waals surface area contributed by atoms with Crippen LogP contribution in [-0.4, -0.2) is 85.4 Å². The summed E-state index contributed by atoms with van der Waals surface area (Å²) in [5.41, 5.74) is 0. The van der Waals surface area contributed by atoms with E-state index in [0.717, 1.165) is 13.0 Å². The molecule has 0 aliphatic heterocycles. The summed E-state index contributed by atoms with van der Waals surface area (Å²) in [6, 6.07) is 0. The molecule has 0 bridgehead atoms. The molecule has 0 spiro atoms. The molecule has 182 valence electrons. The molecule has 0 amide bonds. The molecule has 0 heterocycles. The number of hydrogen-bond donors (Lipinski definition) is 0. The van der Waals surface area contributed by atoms with E-state index in [-0.39, 0.29) is 5.04 Å². The van der Waals surface area contributed by atoms with Crippen LogP contribution in [0.3, 0.4) is 0 Å². The third-order valence-corrected chi connectivity index (χ3v) is 10.5. The number of halogens is 1. The van der Waals surface area contributed by atoms with E-state index in [0.29, 0.717) is 66.1 Å². The maximum atomic E-state index is 6.06. The van der Waals surface area contributed by atoms with Gasteiger partial charge in [-0.1, -0.05) is 56.2 Å². The van der Waals surface area contributed by atoms with Crippen molar-refractivity contribution in [2.24, 2.45) is 0 Å². The third kappa shape index (κ3) is 19.4. The number of alkyl halides is 1. The van der Waals surface area contributed by atoms with E-state index < -0.39 is 8.32 Å². The zero-order chi connectivity index (χ0) is 22.6. The molecule has 8 heteroatoms. The zero-order valence-electron chi connectivity index (χ0n) is 20.1. The molecule has 0 radical (unpaired) electrons. The lowest BCUT2D eigenvalue weighted by molar-refractivity contribution is -0.0131. The molecule has 0 unspecified atom stereocenters. The predicted molar refractivity (Wildman–Crippen MR) is 135 cm³/mol. The fourth-order valence-corrected chi connectivity index (χ4v) is 3.77. The van der Waals surface area contributed by atoms with Crippen LogP contribution in [0, 0.1) is 0 Å². The van der Waals surface area contributed by atoms with Crippen molar-refractivity contribution < 1.29 is 28.1 Å². The van der Waals surface area contributed by atoms with Crippen LogP contribution in [0.1, 0.15) is 46.5 Å². The summed E-state index contributed by atoms with van der Waals surface area (Å²) in [5, 5.41) is 0.238. The molecule has 30 heavy (non-hydrogen) atoms. The van der Waals surface area contributed by atoms with Gasteiger partial charge in [-0.3, -0.25) is 0 Å². The van der Waals surface area contributed by atoms with Crippen LogP contribution in [0.25, 0.3) is 0 Å². The lowest BCUT2D eigenvalue weighted by atomic mass is 10.2. The Kier molecular flexibility index (Phi) is 20.8. The first kappa shape index (κ1) is 30.7. The SMILES string of the molecule is CC(C)(C)[Si](C)(C)OCCOCCOCCOCCOCCOCCCCCCI. The maximum absolute atomic E-state index is 6.06. The topological polar surface area (TPSA) is 55.4 Å². The van der Waals surface area contributed by atoms with Gasteiger partial charge in [-0.15, -0.1) is 0 Å².